The number of hydrogen-bond donors (Lipinski definition) is 0. The van der Waals surface area contributed by atoms with Gasteiger partial charge < -0.3 is 21.7 Å². The Morgan fingerprint density at radius 3 is 2.76 bits per heavy atom. The molecule has 0 aliphatic carbocycles. The molecular formula is C16H21BrClN2O-. The highest BCUT2D eigenvalue weighted by Gasteiger charge is 2.08. The van der Waals surface area contributed by atoms with Gasteiger partial charge >= 0.3 is 0 Å². The van der Waals surface area contributed by atoms with Crippen molar-refractivity contribution in [3.05, 3.63) is 47.0 Å². The van der Waals surface area contributed by atoms with Gasteiger partial charge in [0.25, 0.3) is 0 Å². The second-order valence-electron chi connectivity index (χ2n) is 5.19. The topological polar surface area (TPSA) is 27.1 Å². The number of ether oxygens (including phenoxy) is 1. The van der Waals surface area contributed by atoms with Gasteiger partial charge in [-0.2, -0.15) is 0 Å². The molecule has 0 aliphatic rings. The first-order chi connectivity index (χ1) is 9.66. The third kappa shape index (κ3) is 5.71. The van der Waals surface area contributed by atoms with Crippen LogP contribution in [0.15, 0.2) is 41.4 Å². The molecule has 0 N–H and O–H groups in total. The number of benzene rings is 1. The maximum absolute atomic E-state index is 5.93. The van der Waals surface area contributed by atoms with E-state index in [2.05, 4.69) is 51.5 Å². The largest absolute Gasteiger partial charge is 1.00 e. The maximum atomic E-state index is 5.93. The summed E-state index contributed by atoms with van der Waals surface area (Å²) in [7, 11) is 0. The molecule has 1 heterocycles. The molecule has 0 saturated heterocycles. The number of halogens is 2. The molecule has 0 radical (unpaired) electrons. The molecule has 0 amide bonds. The number of aromatic nitrogens is 2. The Morgan fingerprint density at radius 2 is 2.10 bits per heavy atom. The van der Waals surface area contributed by atoms with Crippen molar-refractivity contribution in [3.63, 3.8) is 0 Å². The monoisotopic (exact) mass is 371 g/mol. The van der Waals surface area contributed by atoms with Crippen LogP contribution in [0, 0.1) is 0 Å². The Bertz CT molecular complexity index is 529. The van der Waals surface area contributed by atoms with E-state index in [-0.39, 0.29) is 12.4 Å². The zero-order valence-electron chi connectivity index (χ0n) is 12.4. The number of unbranched alkanes of at least 4 members (excludes halogenated alkanes) is 1. The van der Waals surface area contributed by atoms with Crippen LogP contribution in [0.1, 0.15) is 38.2 Å². The van der Waals surface area contributed by atoms with Gasteiger partial charge in [0.1, 0.15) is 5.75 Å². The third-order valence-corrected chi connectivity index (χ3v) is 3.71. The molecule has 5 heteroatoms. The van der Waals surface area contributed by atoms with Gasteiger partial charge in [-0.3, -0.25) is 0 Å². The van der Waals surface area contributed by atoms with Crippen LogP contribution in [0.3, 0.4) is 0 Å². The number of rotatable bonds is 7. The number of aryl methyl sites for hydroxylation is 1. The lowest BCUT2D eigenvalue weighted by Crippen LogP contribution is -3.00. The highest BCUT2D eigenvalue weighted by atomic mass is 79.9. The summed E-state index contributed by atoms with van der Waals surface area (Å²) in [5.74, 6) is 1.47. The quantitative estimate of drug-likeness (QED) is 0.691. The Hall–Kier alpha value is -1.00. The maximum Gasteiger partial charge on any atom is 0.122 e. The van der Waals surface area contributed by atoms with Crippen molar-refractivity contribution in [2.24, 2.45) is 0 Å². The fourth-order valence-corrected chi connectivity index (χ4v) is 2.48. The summed E-state index contributed by atoms with van der Waals surface area (Å²) in [5, 5.41) is 0. The van der Waals surface area contributed by atoms with Crippen molar-refractivity contribution in [2.45, 2.75) is 39.2 Å². The van der Waals surface area contributed by atoms with Gasteiger partial charge in [0.05, 0.1) is 12.9 Å². The first-order valence-corrected chi connectivity index (χ1v) is 7.84. The molecule has 0 spiro atoms. The summed E-state index contributed by atoms with van der Waals surface area (Å²) >= 11 is 3.52. The standard InChI is InChI=1S/C16H21BrN2O.ClH/c1-13(2)15-11-14(17)5-6-16(15)20-10-4-3-8-19-9-7-18-12-19;/h5-7,9,11-13H,3-4,8,10H2,1-2H3;1H/p-1. The van der Waals surface area contributed by atoms with Crippen LogP contribution in [-0.4, -0.2) is 16.2 Å². The molecular weight excluding hydrogens is 352 g/mol. The van der Waals surface area contributed by atoms with Crippen LogP contribution >= 0.6 is 15.9 Å². The van der Waals surface area contributed by atoms with Crippen LogP contribution in [0.25, 0.3) is 0 Å². The van der Waals surface area contributed by atoms with E-state index in [1.165, 1.54) is 5.56 Å². The Labute approximate surface area is 141 Å². The second kappa shape index (κ2) is 9.11. The summed E-state index contributed by atoms with van der Waals surface area (Å²) in [6.07, 6.45) is 7.81. The van der Waals surface area contributed by atoms with Crippen molar-refractivity contribution in [1.82, 2.24) is 9.55 Å². The molecule has 2 aromatic rings. The summed E-state index contributed by atoms with van der Waals surface area (Å²) in [5.41, 5.74) is 1.26. The van der Waals surface area contributed by atoms with Crippen molar-refractivity contribution >= 4 is 15.9 Å². The summed E-state index contributed by atoms with van der Waals surface area (Å²) in [4.78, 5) is 4.04. The van der Waals surface area contributed by atoms with Crippen molar-refractivity contribution < 1.29 is 17.1 Å². The van der Waals surface area contributed by atoms with Crippen LogP contribution in [0.5, 0.6) is 5.75 Å². The lowest BCUT2D eigenvalue weighted by Gasteiger charge is -2.14. The first kappa shape index (κ1) is 18.1. The molecule has 0 saturated carbocycles. The van der Waals surface area contributed by atoms with Gasteiger partial charge in [0.2, 0.25) is 0 Å². The van der Waals surface area contributed by atoms with Gasteiger partial charge in [0, 0.05) is 23.4 Å². The van der Waals surface area contributed by atoms with Crippen LogP contribution in [0.4, 0.5) is 0 Å². The molecule has 0 fully saturated rings. The molecule has 116 valence electrons. The third-order valence-electron chi connectivity index (χ3n) is 3.22. The molecule has 1 aromatic carbocycles. The number of imidazole rings is 1. The number of nitrogens with zero attached hydrogens (tertiary/aromatic N) is 2. The molecule has 0 aliphatic heterocycles. The fraction of sp³-hybridized carbons (Fsp3) is 0.438. The highest BCUT2D eigenvalue weighted by molar-refractivity contribution is 9.10. The lowest BCUT2D eigenvalue weighted by molar-refractivity contribution is -0.00000470. The van der Waals surface area contributed by atoms with E-state index in [1.54, 1.807) is 0 Å². The molecule has 2 rings (SSSR count). The predicted octanol–water partition coefficient (Wildman–Crippen LogP) is 1.63. The zero-order chi connectivity index (χ0) is 14.4. The Morgan fingerprint density at radius 1 is 1.29 bits per heavy atom. The molecule has 0 unspecified atom stereocenters. The van der Waals surface area contributed by atoms with E-state index in [4.69, 9.17) is 4.74 Å². The van der Waals surface area contributed by atoms with E-state index in [0.717, 1.165) is 36.2 Å². The minimum atomic E-state index is 0. The lowest BCUT2D eigenvalue weighted by atomic mass is 10.0. The molecule has 3 nitrogen and oxygen atoms in total. The van der Waals surface area contributed by atoms with Crippen molar-refractivity contribution in [3.8, 4) is 5.75 Å². The Balaban J connectivity index is 0.00000220. The van der Waals surface area contributed by atoms with E-state index in [0.29, 0.717) is 5.92 Å². The van der Waals surface area contributed by atoms with Gasteiger partial charge in [-0.1, -0.05) is 29.8 Å². The summed E-state index contributed by atoms with van der Waals surface area (Å²) in [6.45, 7) is 6.14. The fourth-order valence-electron chi connectivity index (χ4n) is 2.10. The van der Waals surface area contributed by atoms with Crippen molar-refractivity contribution in [2.75, 3.05) is 6.61 Å². The first-order valence-electron chi connectivity index (χ1n) is 7.05. The smallest absolute Gasteiger partial charge is 0.122 e. The summed E-state index contributed by atoms with van der Waals surface area (Å²) < 4.78 is 9.13. The van der Waals surface area contributed by atoms with Gasteiger partial charge in [-0.15, -0.1) is 0 Å². The van der Waals surface area contributed by atoms with Gasteiger partial charge in [-0.25, -0.2) is 4.98 Å². The SMILES string of the molecule is CC(C)c1cc(Br)ccc1OCCCCn1ccnc1.[Cl-]. The van der Waals surface area contributed by atoms with Crippen LogP contribution in [-0.2, 0) is 6.54 Å². The predicted molar refractivity (Wildman–Crippen MR) is 85.2 cm³/mol. The van der Waals surface area contributed by atoms with Gasteiger partial charge in [0.15, 0.2) is 0 Å². The van der Waals surface area contributed by atoms with Crippen LogP contribution < -0.4 is 17.1 Å². The average Bonchev–Trinajstić information content (AvgIpc) is 2.92. The molecule has 21 heavy (non-hydrogen) atoms. The summed E-state index contributed by atoms with van der Waals surface area (Å²) in [6, 6.07) is 6.23. The minimum Gasteiger partial charge on any atom is -1.00 e. The normalized spacial score (nSPS) is 10.5. The van der Waals surface area contributed by atoms with Crippen LogP contribution in [0.2, 0.25) is 0 Å². The molecule has 0 atom stereocenters. The van der Waals surface area contributed by atoms with E-state index < -0.39 is 0 Å². The van der Waals surface area contributed by atoms with E-state index in [9.17, 15) is 0 Å². The molecule has 0 bridgehead atoms. The highest BCUT2D eigenvalue weighted by Crippen LogP contribution is 2.29. The zero-order valence-corrected chi connectivity index (χ0v) is 14.8. The van der Waals surface area contributed by atoms with Crippen molar-refractivity contribution in [1.29, 1.82) is 0 Å². The average molecular weight is 373 g/mol. The Kier molecular flexibility index (Phi) is 7.83. The molecule has 1 aromatic heterocycles. The van der Waals surface area contributed by atoms with E-state index >= 15 is 0 Å². The van der Waals surface area contributed by atoms with Gasteiger partial charge in [-0.05, 0) is 42.5 Å². The second-order valence-corrected chi connectivity index (χ2v) is 6.11. The minimum absolute atomic E-state index is 0. The number of hydrogen-bond acceptors (Lipinski definition) is 2. The van der Waals surface area contributed by atoms with E-state index in [1.807, 2.05) is 24.8 Å².